The number of fused-ring (bicyclic) bond motifs is 3. The number of benzene rings is 2. The summed E-state index contributed by atoms with van der Waals surface area (Å²) < 4.78 is 45.5. The number of ether oxygens (including phenoxy) is 1. The van der Waals surface area contributed by atoms with Gasteiger partial charge in [-0.15, -0.1) is 11.6 Å². The summed E-state index contributed by atoms with van der Waals surface area (Å²) in [6.07, 6.45) is -3.91. The molecule has 3 aromatic rings. The maximum Gasteiger partial charge on any atom is 0.471 e. The van der Waals surface area contributed by atoms with E-state index in [0.29, 0.717) is 23.5 Å². The molecule has 0 fully saturated rings. The van der Waals surface area contributed by atoms with Gasteiger partial charge < -0.3 is 14.6 Å². The van der Waals surface area contributed by atoms with E-state index in [9.17, 15) is 27.6 Å². The summed E-state index contributed by atoms with van der Waals surface area (Å²) in [5.41, 5.74) is 1.93. The number of aromatic nitrogens is 1. The van der Waals surface area contributed by atoms with Crippen LogP contribution in [0.25, 0.3) is 10.9 Å². The van der Waals surface area contributed by atoms with Gasteiger partial charge in [-0.05, 0) is 17.7 Å². The molecule has 0 bridgehead atoms. The highest BCUT2D eigenvalue weighted by molar-refractivity contribution is 6.23. The molecule has 4 rings (SSSR count). The highest BCUT2D eigenvalue weighted by atomic mass is 35.5. The van der Waals surface area contributed by atoms with E-state index in [2.05, 4.69) is 0 Å². The minimum absolute atomic E-state index is 0.101. The minimum Gasteiger partial charge on any atom is -0.488 e. The van der Waals surface area contributed by atoms with Crippen LogP contribution in [-0.2, 0) is 17.9 Å². The van der Waals surface area contributed by atoms with Crippen molar-refractivity contribution in [1.29, 1.82) is 0 Å². The average molecular weight is 465 g/mol. The molecule has 1 aliphatic rings. The SMILES string of the molecule is O=Cc1cc(OCc2ccccc2)c2c(C=O)c3n(c2c1)C[C@H](NC(=O)C(F)(F)F)[C@@H]3Cl. The first-order valence-electron chi connectivity index (χ1n) is 9.53. The van der Waals surface area contributed by atoms with Crippen molar-refractivity contribution in [3.8, 4) is 5.75 Å². The summed E-state index contributed by atoms with van der Waals surface area (Å²) in [5.74, 6) is -1.84. The van der Waals surface area contributed by atoms with Crippen LogP contribution in [0.15, 0.2) is 42.5 Å². The Labute approximate surface area is 184 Å². The van der Waals surface area contributed by atoms with E-state index in [4.69, 9.17) is 16.3 Å². The van der Waals surface area contributed by atoms with Crippen molar-refractivity contribution in [2.24, 2.45) is 0 Å². The predicted octanol–water partition coefficient (Wildman–Crippen LogP) is 4.19. The van der Waals surface area contributed by atoms with Gasteiger partial charge >= 0.3 is 12.1 Å². The molecule has 10 heteroatoms. The maximum absolute atomic E-state index is 12.7. The number of carbonyl (C=O) groups is 3. The van der Waals surface area contributed by atoms with Crippen LogP contribution < -0.4 is 10.1 Å². The molecule has 0 saturated heterocycles. The van der Waals surface area contributed by atoms with Crippen LogP contribution in [-0.4, -0.2) is 35.3 Å². The number of rotatable bonds is 6. The lowest BCUT2D eigenvalue weighted by molar-refractivity contribution is -0.174. The van der Waals surface area contributed by atoms with Gasteiger partial charge in [0.25, 0.3) is 0 Å². The molecule has 0 aliphatic carbocycles. The van der Waals surface area contributed by atoms with Gasteiger partial charge in [-0.3, -0.25) is 14.4 Å². The van der Waals surface area contributed by atoms with E-state index >= 15 is 0 Å². The standard InChI is InChI=1S/C22H16ClF3N2O4/c23-19-15(27-21(31)22(24,25)26)8-28-16-6-13(9-29)7-17(18(16)14(10-30)20(19)28)32-11-12-4-2-1-3-5-12/h1-7,9-10,15,19H,8,11H2,(H,27,31)/t15-,19-/m0/s1. The number of hydrogen-bond acceptors (Lipinski definition) is 4. The molecule has 0 radical (unpaired) electrons. The minimum atomic E-state index is -5.06. The molecule has 6 nitrogen and oxygen atoms in total. The summed E-state index contributed by atoms with van der Waals surface area (Å²) in [7, 11) is 0. The normalized spacial score (nSPS) is 17.8. The van der Waals surface area contributed by atoms with Crippen LogP contribution in [0.5, 0.6) is 5.75 Å². The lowest BCUT2D eigenvalue weighted by Gasteiger charge is -2.17. The average Bonchev–Trinajstić information content (AvgIpc) is 3.26. The third-order valence-corrected chi connectivity index (χ3v) is 5.80. The van der Waals surface area contributed by atoms with Gasteiger partial charge in [0.05, 0.1) is 22.3 Å². The zero-order valence-corrected chi connectivity index (χ0v) is 17.1. The van der Waals surface area contributed by atoms with Crippen LogP contribution in [0, 0.1) is 0 Å². The van der Waals surface area contributed by atoms with E-state index in [1.165, 1.54) is 12.1 Å². The van der Waals surface area contributed by atoms with Crippen molar-refractivity contribution in [2.45, 2.75) is 30.7 Å². The summed E-state index contributed by atoms with van der Waals surface area (Å²) in [6, 6.07) is 11.1. The zero-order valence-electron chi connectivity index (χ0n) is 16.4. The van der Waals surface area contributed by atoms with Crippen molar-refractivity contribution < 1.29 is 32.3 Å². The number of hydrogen-bond donors (Lipinski definition) is 1. The quantitative estimate of drug-likeness (QED) is 0.438. The third-order valence-electron chi connectivity index (χ3n) is 5.29. The number of amides is 1. The second-order valence-corrected chi connectivity index (χ2v) is 7.78. The molecule has 32 heavy (non-hydrogen) atoms. The molecule has 2 heterocycles. The summed E-state index contributed by atoms with van der Waals surface area (Å²) in [6.45, 7) is 0.0712. The van der Waals surface area contributed by atoms with Crippen molar-refractivity contribution in [1.82, 2.24) is 9.88 Å². The number of halogens is 4. The second kappa shape index (κ2) is 8.31. The van der Waals surface area contributed by atoms with Crippen molar-refractivity contribution in [3.63, 3.8) is 0 Å². The molecule has 2 aromatic carbocycles. The number of alkyl halides is 4. The molecule has 1 aliphatic heterocycles. The van der Waals surface area contributed by atoms with E-state index in [0.717, 1.165) is 5.56 Å². The Hall–Kier alpha value is -3.33. The van der Waals surface area contributed by atoms with Gasteiger partial charge in [-0.2, -0.15) is 13.2 Å². The molecule has 1 amide bonds. The van der Waals surface area contributed by atoms with Gasteiger partial charge in [0.15, 0.2) is 6.29 Å². The van der Waals surface area contributed by atoms with E-state index in [1.54, 1.807) is 4.57 Å². The van der Waals surface area contributed by atoms with Crippen LogP contribution >= 0.6 is 11.6 Å². The number of aldehydes is 2. The van der Waals surface area contributed by atoms with Gasteiger partial charge in [0.2, 0.25) is 0 Å². The van der Waals surface area contributed by atoms with Gasteiger partial charge in [0, 0.05) is 23.4 Å². The number of carbonyl (C=O) groups excluding carboxylic acids is 3. The molecule has 1 aromatic heterocycles. The Balaban J connectivity index is 1.76. The Morgan fingerprint density at radius 3 is 2.53 bits per heavy atom. The highest BCUT2D eigenvalue weighted by Gasteiger charge is 2.44. The second-order valence-electron chi connectivity index (χ2n) is 7.31. The first-order valence-corrected chi connectivity index (χ1v) is 9.97. The van der Waals surface area contributed by atoms with E-state index in [-0.39, 0.29) is 35.7 Å². The van der Waals surface area contributed by atoms with Crippen molar-refractivity contribution >= 4 is 41.0 Å². The lowest BCUT2D eigenvalue weighted by atomic mass is 10.0. The smallest absolute Gasteiger partial charge is 0.471 e. The Morgan fingerprint density at radius 1 is 1.19 bits per heavy atom. The fourth-order valence-electron chi connectivity index (χ4n) is 3.89. The third kappa shape index (κ3) is 3.84. The molecule has 166 valence electrons. The monoisotopic (exact) mass is 464 g/mol. The molecule has 1 N–H and O–H groups in total. The van der Waals surface area contributed by atoms with E-state index in [1.807, 2.05) is 35.6 Å². The summed E-state index contributed by atoms with van der Waals surface area (Å²) in [5, 5.41) is 1.19. The Kier molecular flexibility index (Phi) is 5.68. The van der Waals surface area contributed by atoms with Crippen LogP contribution in [0.1, 0.15) is 37.4 Å². The highest BCUT2D eigenvalue weighted by Crippen LogP contribution is 2.43. The van der Waals surface area contributed by atoms with E-state index < -0.39 is 23.5 Å². The molecule has 0 unspecified atom stereocenters. The zero-order chi connectivity index (χ0) is 23.0. The summed E-state index contributed by atoms with van der Waals surface area (Å²) >= 11 is 6.39. The molecular weight excluding hydrogens is 449 g/mol. The van der Waals surface area contributed by atoms with Crippen LogP contribution in [0.4, 0.5) is 13.2 Å². The van der Waals surface area contributed by atoms with Crippen LogP contribution in [0.2, 0.25) is 0 Å². The number of nitrogens with zero attached hydrogens (tertiary/aromatic N) is 1. The van der Waals surface area contributed by atoms with Gasteiger partial charge in [-0.25, -0.2) is 0 Å². The van der Waals surface area contributed by atoms with Crippen LogP contribution in [0.3, 0.4) is 0 Å². The van der Waals surface area contributed by atoms with Crippen molar-refractivity contribution in [3.05, 3.63) is 64.8 Å². The van der Waals surface area contributed by atoms with Gasteiger partial charge in [-0.1, -0.05) is 30.3 Å². The lowest BCUT2D eigenvalue weighted by Crippen LogP contribution is -2.44. The first kappa shape index (κ1) is 21.9. The Morgan fingerprint density at radius 2 is 1.91 bits per heavy atom. The topological polar surface area (TPSA) is 77.4 Å². The maximum atomic E-state index is 12.7. The molecular formula is C22H16ClF3N2O4. The molecule has 0 spiro atoms. The predicted molar refractivity (Wildman–Crippen MR) is 110 cm³/mol. The fourth-order valence-corrected chi connectivity index (χ4v) is 4.27. The largest absolute Gasteiger partial charge is 0.488 e. The fraction of sp³-hybridized carbons (Fsp3) is 0.227. The van der Waals surface area contributed by atoms with Crippen molar-refractivity contribution in [2.75, 3.05) is 0 Å². The molecule has 0 saturated carbocycles. The van der Waals surface area contributed by atoms with Gasteiger partial charge in [0.1, 0.15) is 18.6 Å². The first-order chi connectivity index (χ1) is 15.2. The Bertz CT molecular complexity index is 1210. The summed E-state index contributed by atoms with van der Waals surface area (Å²) in [4.78, 5) is 34.9. The molecule has 2 atom stereocenters. The number of nitrogens with one attached hydrogen (secondary N) is 1.